The summed E-state index contributed by atoms with van der Waals surface area (Å²) in [4.78, 5) is 25.7. The summed E-state index contributed by atoms with van der Waals surface area (Å²) in [7, 11) is 0. The summed E-state index contributed by atoms with van der Waals surface area (Å²) < 4.78 is 0. The largest absolute Gasteiger partial charge is 0.358 e. The SMILES string of the molecule is CCNC(=O)NC(=O)C(C)N1CCNCc2ccccc21.Cl. The first-order valence-electron chi connectivity index (χ1n) is 7.27. The van der Waals surface area contributed by atoms with Crippen LogP contribution in [-0.4, -0.2) is 37.6 Å². The second kappa shape index (κ2) is 8.60. The fourth-order valence-electron chi connectivity index (χ4n) is 2.45. The molecule has 1 atom stereocenters. The van der Waals surface area contributed by atoms with Crippen molar-refractivity contribution in [3.8, 4) is 0 Å². The molecule has 6 nitrogen and oxygen atoms in total. The molecule has 0 aromatic heterocycles. The van der Waals surface area contributed by atoms with Crippen LogP contribution < -0.4 is 20.9 Å². The lowest BCUT2D eigenvalue weighted by molar-refractivity contribution is -0.121. The lowest BCUT2D eigenvalue weighted by Gasteiger charge is -2.30. The maximum Gasteiger partial charge on any atom is 0.321 e. The number of hydrogen-bond donors (Lipinski definition) is 3. The molecule has 0 aliphatic carbocycles. The molecule has 0 bridgehead atoms. The van der Waals surface area contributed by atoms with Crippen molar-refractivity contribution in [1.82, 2.24) is 16.0 Å². The highest BCUT2D eigenvalue weighted by atomic mass is 35.5. The number of hydrogen-bond acceptors (Lipinski definition) is 4. The zero-order valence-electron chi connectivity index (χ0n) is 12.9. The zero-order valence-corrected chi connectivity index (χ0v) is 13.7. The predicted octanol–water partition coefficient (Wildman–Crippen LogP) is 1.25. The van der Waals surface area contributed by atoms with E-state index in [1.807, 2.05) is 36.9 Å². The Bertz CT molecular complexity index is 524. The van der Waals surface area contributed by atoms with Gasteiger partial charge in [0.25, 0.3) is 0 Å². The Morgan fingerprint density at radius 2 is 2.09 bits per heavy atom. The molecule has 1 unspecified atom stereocenters. The molecule has 1 aliphatic heterocycles. The molecule has 0 fully saturated rings. The fraction of sp³-hybridized carbons (Fsp3) is 0.467. The van der Waals surface area contributed by atoms with Crippen molar-refractivity contribution in [2.75, 3.05) is 24.5 Å². The standard InChI is InChI=1S/C15H22N4O2.ClH/c1-3-17-15(21)18-14(20)11(2)19-9-8-16-10-12-6-4-5-7-13(12)19;/h4-7,11,16H,3,8-10H2,1-2H3,(H2,17,18,20,21);1H. The first-order chi connectivity index (χ1) is 10.1. The van der Waals surface area contributed by atoms with Gasteiger partial charge in [-0.25, -0.2) is 4.79 Å². The van der Waals surface area contributed by atoms with Gasteiger partial charge in [0.1, 0.15) is 6.04 Å². The fourth-order valence-corrected chi connectivity index (χ4v) is 2.45. The number of imide groups is 1. The van der Waals surface area contributed by atoms with Crippen LogP contribution >= 0.6 is 12.4 Å². The highest BCUT2D eigenvalue weighted by Gasteiger charge is 2.25. The van der Waals surface area contributed by atoms with E-state index in [0.717, 1.165) is 30.9 Å². The maximum absolute atomic E-state index is 12.2. The normalized spacial score (nSPS) is 14.9. The number of carbonyl (C=O) groups is 2. The molecule has 0 saturated heterocycles. The number of fused-ring (bicyclic) bond motifs is 1. The van der Waals surface area contributed by atoms with E-state index < -0.39 is 12.1 Å². The van der Waals surface area contributed by atoms with Crippen LogP contribution in [0.2, 0.25) is 0 Å². The van der Waals surface area contributed by atoms with E-state index in [1.54, 1.807) is 0 Å². The lowest BCUT2D eigenvalue weighted by atomic mass is 10.1. The summed E-state index contributed by atoms with van der Waals surface area (Å²) >= 11 is 0. The van der Waals surface area contributed by atoms with Gasteiger partial charge in [0.15, 0.2) is 0 Å². The molecular weight excluding hydrogens is 304 g/mol. The minimum absolute atomic E-state index is 0. The third-order valence-corrected chi connectivity index (χ3v) is 3.57. The highest BCUT2D eigenvalue weighted by molar-refractivity contribution is 5.98. The molecule has 1 heterocycles. The summed E-state index contributed by atoms with van der Waals surface area (Å²) in [5.74, 6) is -0.294. The van der Waals surface area contributed by atoms with Gasteiger partial charge in [-0.1, -0.05) is 18.2 Å². The van der Waals surface area contributed by atoms with Crippen LogP contribution in [0.15, 0.2) is 24.3 Å². The van der Waals surface area contributed by atoms with Gasteiger partial charge in [-0.05, 0) is 25.5 Å². The molecule has 0 radical (unpaired) electrons. The van der Waals surface area contributed by atoms with Crippen LogP contribution in [0.25, 0.3) is 0 Å². The number of urea groups is 1. The minimum Gasteiger partial charge on any atom is -0.358 e. The van der Waals surface area contributed by atoms with Crippen molar-refractivity contribution in [2.24, 2.45) is 0 Å². The first-order valence-corrected chi connectivity index (χ1v) is 7.27. The Morgan fingerprint density at radius 3 is 2.82 bits per heavy atom. The van der Waals surface area contributed by atoms with E-state index in [2.05, 4.69) is 22.0 Å². The molecule has 122 valence electrons. The number of rotatable bonds is 3. The number of benzene rings is 1. The number of anilines is 1. The van der Waals surface area contributed by atoms with Gasteiger partial charge in [-0.2, -0.15) is 0 Å². The van der Waals surface area contributed by atoms with Gasteiger partial charge in [0, 0.05) is 31.9 Å². The quantitative estimate of drug-likeness (QED) is 0.781. The monoisotopic (exact) mass is 326 g/mol. The summed E-state index contributed by atoms with van der Waals surface area (Å²) in [5.41, 5.74) is 2.20. The molecule has 22 heavy (non-hydrogen) atoms. The molecule has 1 aliphatic rings. The van der Waals surface area contributed by atoms with Crippen LogP contribution in [0, 0.1) is 0 Å². The van der Waals surface area contributed by atoms with E-state index in [9.17, 15) is 9.59 Å². The van der Waals surface area contributed by atoms with Crippen LogP contribution in [-0.2, 0) is 11.3 Å². The van der Waals surface area contributed by atoms with Gasteiger partial charge in [0.2, 0.25) is 5.91 Å². The second-order valence-electron chi connectivity index (χ2n) is 5.02. The Kier molecular flexibility index (Phi) is 7.14. The average molecular weight is 327 g/mol. The van der Waals surface area contributed by atoms with Crippen molar-refractivity contribution in [3.63, 3.8) is 0 Å². The summed E-state index contributed by atoms with van der Waals surface area (Å²) in [6, 6.07) is 7.16. The Labute approximate surface area is 137 Å². The number of para-hydroxylation sites is 1. The second-order valence-corrected chi connectivity index (χ2v) is 5.02. The number of halogens is 1. The Hall–Kier alpha value is -1.79. The Morgan fingerprint density at radius 1 is 1.36 bits per heavy atom. The topological polar surface area (TPSA) is 73.5 Å². The predicted molar refractivity (Wildman–Crippen MR) is 89.4 cm³/mol. The van der Waals surface area contributed by atoms with E-state index in [-0.39, 0.29) is 18.3 Å². The van der Waals surface area contributed by atoms with Crippen molar-refractivity contribution in [3.05, 3.63) is 29.8 Å². The molecular formula is C15H23ClN4O2. The summed E-state index contributed by atoms with van der Waals surface area (Å²) in [6.45, 7) is 6.43. The number of carbonyl (C=O) groups excluding carboxylic acids is 2. The molecule has 3 N–H and O–H groups in total. The lowest BCUT2D eigenvalue weighted by Crippen LogP contribution is -2.50. The molecule has 3 amide bonds. The molecule has 1 aromatic rings. The van der Waals surface area contributed by atoms with Gasteiger partial charge >= 0.3 is 6.03 Å². The van der Waals surface area contributed by atoms with E-state index >= 15 is 0 Å². The molecule has 1 aromatic carbocycles. The van der Waals surface area contributed by atoms with Crippen molar-refractivity contribution in [2.45, 2.75) is 26.4 Å². The average Bonchev–Trinajstić information content (AvgIpc) is 2.69. The summed E-state index contributed by atoms with van der Waals surface area (Å²) in [6.07, 6.45) is 0. The third kappa shape index (κ3) is 4.35. The van der Waals surface area contributed by atoms with Crippen LogP contribution in [0.5, 0.6) is 0 Å². The van der Waals surface area contributed by atoms with E-state index in [0.29, 0.717) is 6.54 Å². The number of amides is 3. The smallest absolute Gasteiger partial charge is 0.321 e. The third-order valence-electron chi connectivity index (χ3n) is 3.57. The Balaban J connectivity index is 0.00000242. The maximum atomic E-state index is 12.2. The van der Waals surface area contributed by atoms with Crippen molar-refractivity contribution >= 4 is 30.0 Å². The van der Waals surface area contributed by atoms with Gasteiger partial charge in [-0.15, -0.1) is 12.4 Å². The van der Waals surface area contributed by atoms with Gasteiger partial charge in [0.05, 0.1) is 0 Å². The van der Waals surface area contributed by atoms with Gasteiger partial charge in [-0.3, -0.25) is 10.1 Å². The van der Waals surface area contributed by atoms with Crippen molar-refractivity contribution < 1.29 is 9.59 Å². The van der Waals surface area contributed by atoms with Crippen LogP contribution in [0.1, 0.15) is 19.4 Å². The highest BCUT2D eigenvalue weighted by Crippen LogP contribution is 2.24. The summed E-state index contributed by atoms with van der Waals surface area (Å²) in [5, 5.41) is 8.28. The van der Waals surface area contributed by atoms with E-state index in [1.165, 1.54) is 0 Å². The van der Waals surface area contributed by atoms with Crippen LogP contribution in [0.4, 0.5) is 10.5 Å². The number of nitrogens with zero attached hydrogens (tertiary/aromatic N) is 1. The van der Waals surface area contributed by atoms with Gasteiger partial charge < -0.3 is 15.5 Å². The molecule has 0 spiro atoms. The molecule has 0 saturated carbocycles. The van der Waals surface area contributed by atoms with Crippen molar-refractivity contribution in [1.29, 1.82) is 0 Å². The first kappa shape index (κ1) is 18.3. The minimum atomic E-state index is -0.449. The molecule has 2 rings (SSSR count). The zero-order chi connectivity index (χ0) is 15.2. The molecule has 7 heteroatoms. The van der Waals surface area contributed by atoms with Crippen LogP contribution in [0.3, 0.4) is 0 Å². The van der Waals surface area contributed by atoms with E-state index in [4.69, 9.17) is 0 Å². The number of nitrogens with one attached hydrogen (secondary N) is 3.